The number of aromatic nitrogens is 3. The maximum Gasteiger partial charge on any atom is 0.230 e. The molecule has 0 saturated carbocycles. The highest BCUT2D eigenvalue weighted by Crippen LogP contribution is 2.26. The SMILES string of the molecule is Cc1noc(C)c1CC(=O)Nc1cc(C2CCOCC2)[nH]n1. The summed E-state index contributed by atoms with van der Waals surface area (Å²) in [7, 11) is 0. The van der Waals surface area contributed by atoms with E-state index in [-0.39, 0.29) is 12.3 Å². The number of carbonyl (C=O) groups is 1. The van der Waals surface area contributed by atoms with Crippen molar-refractivity contribution in [3.05, 3.63) is 28.8 Å². The summed E-state index contributed by atoms with van der Waals surface area (Å²) in [6, 6.07) is 1.90. The molecule has 0 unspecified atom stereocenters. The van der Waals surface area contributed by atoms with Gasteiger partial charge in [-0.1, -0.05) is 5.16 Å². The minimum atomic E-state index is -0.126. The van der Waals surface area contributed by atoms with Gasteiger partial charge >= 0.3 is 0 Å². The van der Waals surface area contributed by atoms with Crippen LogP contribution in [0.5, 0.6) is 0 Å². The molecule has 1 amide bonds. The van der Waals surface area contributed by atoms with Crippen LogP contribution in [0.25, 0.3) is 0 Å². The van der Waals surface area contributed by atoms with Crippen molar-refractivity contribution in [2.24, 2.45) is 0 Å². The Balaban J connectivity index is 1.61. The van der Waals surface area contributed by atoms with E-state index >= 15 is 0 Å². The van der Waals surface area contributed by atoms with Gasteiger partial charge in [-0.3, -0.25) is 9.89 Å². The van der Waals surface area contributed by atoms with Gasteiger partial charge in [-0.25, -0.2) is 0 Å². The highest BCUT2D eigenvalue weighted by Gasteiger charge is 2.19. The molecule has 1 saturated heterocycles. The molecule has 1 aliphatic rings. The number of anilines is 1. The highest BCUT2D eigenvalue weighted by molar-refractivity contribution is 5.91. The fourth-order valence-corrected chi connectivity index (χ4v) is 2.72. The number of aromatic amines is 1. The Kier molecular flexibility index (Phi) is 4.24. The van der Waals surface area contributed by atoms with Crippen LogP contribution in [0, 0.1) is 13.8 Å². The van der Waals surface area contributed by atoms with Gasteiger partial charge in [0.05, 0.1) is 12.1 Å². The number of rotatable bonds is 4. The van der Waals surface area contributed by atoms with Gasteiger partial charge in [0.15, 0.2) is 5.82 Å². The third kappa shape index (κ3) is 3.19. The second kappa shape index (κ2) is 6.31. The quantitative estimate of drug-likeness (QED) is 0.902. The number of hydrogen-bond donors (Lipinski definition) is 2. The fourth-order valence-electron chi connectivity index (χ4n) is 2.72. The Morgan fingerprint density at radius 1 is 1.41 bits per heavy atom. The maximum atomic E-state index is 12.1. The van der Waals surface area contributed by atoms with Crippen LogP contribution in [-0.2, 0) is 16.0 Å². The van der Waals surface area contributed by atoms with Gasteiger partial charge in [0.1, 0.15) is 5.76 Å². The predicted molar refractivity (Wildman–Crippen MR) is 79.7 cm³/mol. The minimum Gasteiger partial charge on any atom is -0.381 e. The van der Waals surface area contributed by atoms with Crippen molar-refractivity contribution in [3.8, 4) is 0 Å². The van der Waals surface area contributed by atoms with E-state index in [1.807, 2.05) is 13.0 Å². The standard InChI is InChI=1S/C15H20N4O3/c1-9-12(10(2)22-19-9)7-15(20)16-14-8-13(17-18-14)11-3-5-21-6-4-11/h8,11H,3-7H2,1-2H3,(H2,16,17,18,20). The van der Waals surface area contributed by atoms with Crippen LogP contribution in [-0.4, -0.2) is 34.5 Å². The number of nitrogens with one attached hydrogen (secondary N) is 2. The number of nitrogens with zero attached hydrogens (tertiary/aromatic N) is 2. The molecule has 3 heterocycles. The minimum absolute atomic E-state index is 0.126. The van der Waals surface area contributed by atoms with Crippen LogP contribution < -0.4 is 5.32 Å². The molecule has 2 aromatic heterocycles. The first-order valence-corrected chi connectivity index (χ1v) is 7.48. The van der Waals surface area contributed by atoms with Crippen molar-refractivity contribution >= 4 is 11.7 Å². The average molecular weight is 304 g/mol. The molecule has 0 radical (unpaired) electrons. The zero-order valence-electron chi connectivity index (χ0n) is 12.8. The van der Waals surface area contributed by atoms with E-state index in [4.69, 9.17) is 9.26 Å². The van der Waals surface area contributed by atoms with Gasteiger partial charge < -0.3 is 14.6 Å². The molecule has 0 aliphatic carbocycles. The molecule has 1 aliphatic heterocycles. The van der Waals surface area contributed by atoms with Gasteiger partial charge in [-0.15, -0.1) is 0 Å². The molecule has 0 bridgehead atoms. The molecule has 0 atom stereocenters. The van der Waals surface area contributed by atoms with E-state index in [2.05, 4.69) is 20.7 Å². The summed E-state index contributed by atoms with van der Waals surface area (Å²) >= 11 is 0. The summed E-state index contributed by atoms with van der Waals surface area (Å²) in [5.41, 5.74) is 2.63. The summed E-state index contributed by atoms with van der Waals surface area (Å²) in [5, 5.41) is 13.8. The topological polar surface area (TPSA) is 93.0 Å². The number of aryl methyl sites for hydroxylation is 2. The molecular formula is C15H20N4O3. The number of H-pyrrole nitrogens is 1. The largest absolute Gasteiger partial charge is 0.381 e. The van der Waals surface area contributed by atoms with Crippen molar-refractivity contribution in [1.82, 2.24) is 15.4 Å². The first kappa shape index (κ1) is 14.8. The van der Waals surface area contributed by atoms with E-state index in [9.17, 15) is 4.79 Å². The molecule has 0 aromatic carbocycles. The lowest BCUT2D eigenvalue weighted by Crippen LogP contribution is -2.15. The molecule has 22 heavy (non-hydrogen) atoms. The lowest BCUT2D eigenvalue weighted by atomic mass is 9.97. The van der Waals surface area contributed by atoms with Crippen LogP contribution in [0.3, 0.4) is 0 Å². The smallest absolute Gasteiger partial charge is 0.230 e. The Labute approximate surface area is 128 Å². The predicted octanol–water partition coefficient (Wildman–Crippen LogP) is 2.09. The van der Waals surface area contributed by atoms with Crippen LogP contribution in [0.2, 0.25) is 0 Å². The van der Waals surface area contributed by atoms with Crippen molar-refractivity contribution in [2.45, 2.75) is 39.0 Å². The number of ether oxygens (including phenoxy) is 1. The van der Waals surface area contributed by atoms with E-state index in [0.717, 1.165) is 43.0 Å². The van der Waals surface area contributed by atoms with Crippen LogP contribution >= 0.6 is 0 Å². The Hall–Kier alpha value is -2.15. The van der Waals surface area contributed by atoms with Gasteiger partial charge in [0.25, 0.3) is 0 Å². The van der Waals surface area contributed by atoms with E-state index < -0.39 is 0 Å². The lowest BCUT2D eigenvalue weighted by Gasteiger charge is -2.20. The van der Waals surface area contributed by atoms with Gasteiger partial charge in [0, 0.05) is 36.5 Å². The fraction of sp³-hybridized carbons (Fsp3) is 0.533. The van der Waals surface area contributed by atoms with Crippen LogP contribution in [0.1, 0.15) is 41.5 Å². The second-order valence-corrected chi connectivity index (χ2v) is 5.62. The van der Waals surface area contributed by atoms with Gasteiger partial charge in [-0.05, 0) is 26.7 Å². The summed E-state index contributed by atoms with van der Waals surface area (Å²) in [5.74, 6) is 1.53. The molecule has 1 fully saturated rings. The molecule has 7 heteroatoms. The Morgan fingerprint density at radius 2 is 2.18 bits per heavy atom. The van der Waals surface area contributed by atoms with Crippen molar-refractivity contribution < 1.29 is 14.1 Å². The number of hydrogen-bond acceptors (Lipinski definition) is 5. The molecule has 118 valence electrons. The lowest BCUT2D eigenvalue weighted by molar-refractivity contribution is -0.115. The Morgan fingerprint density at radius 3 is 2.86 bits per heavy atom. The molecular weight excluding hydrogens is 284 g/mol. The van der Waals surface area contributed by atoms with Gasteiger partial charge in [0.2, 0.25) is 5.91 Å². The van der Waals surface area contributed by atoms with E-state index in [1.165, 1.54) is 0 Å². The molecule has 7 nitrogen and oxygen atoms in total. The van der Waals surface area contributed by atoms with Crippen molar-refractivity contribution in [2.75, 3.05) is 18.5 Å². The van der Waals surface area contributed by atoms with Crippen molar-refractivity contribution in [1.29, 1.82) is 0 Å². The van der Waals surface area contributed by atoms with E-state index in [1.54, 1.807) is 6.92 Å². The average Bonchev–Trinajstić information content (AvgIpc) is 3.10. The normalized spacial score (nSPS) is 15.9. The molecule has 3 rings (SSSR count). The summed E-state index contributed by atoms with van der Waals surface area (Å²) in [6.45, 7) is 5.19. The van der Waals surface area contributed by atoms with Gasteiger partial charge in [-0.2, -0.15) is 5.10 Å². The first-order chi connectivity index (χ1) is 10.6. The van der Waals surface area contributed by atoms with Crippen LogP contribution in [0.4, 0.5) is 5.82 Å². The zero-order chi connectivity index (χ0) is 15.5. The second-order valence-electron chi connectivity index (χ2n) is 5.62. The molecule has 2 aromatic rings. The number of carbonyl (C=O) groups excluding carboxylic acids is 1. The monoisotopic (exact) mass is 304 g/mol. The highest BCUT2D eigenvalue weighted by atomic mass is 16.5. The molecule has 0 spiro atoms. The Bertz CT molecular complexity index is 636. The van der Waals surface area contributed by atoms with Crippen LogP contribution in [0.15, 0.2) is 10.6 Å². The summed E-state index contributed by atoms with van der Waals surface area (Å²) in [6.07, 6.45) is 2.20. The van der Waals surface area contributed by atoms with E-state index in [0.29, 0.717) is 17.5 Å². The third-order valence-electron chi connectivity index (χ3n) is 4.04. The van der Waals surface area contributed by atoms with Crippen molar-refractivity contribution in [3.63, 3.8) is 0 Å². The third-order valence-corrected chi connectivity index (χ3v) is 4.04. The maximum absolute atomic E-state index is 12.1. The first-order valence-electron chi connectivity index (χ1n) is 7.48. The zero-order valence-corrected chi connectivity index (χ0v) is 12.8. The number of amides is 1. The summed E-state index contributed by atoms with van der Waals surface area (Å²) in [4.78, 5) is 12.1. The molecule has 2 N–H and O–H groups in total. The summed E-state index contributed by atoms with van der Waals surface area (Å²) < 4.78 is 10.4.